The summed E-state index contributed by atoms with van der Waals surface area (Å²) in [6.07, 6.45) is 1.21. The minimum absolute atomic E-state index is 0.0254. The number of rotatable bonds is 3. The number of hydrogen-bond donors (Lipinski definition) is 2. The molecular weight excluding hydrogens is 312 g/mol. The van der Waals surface area contributed by atoms with E-state index in [1.165, 1.54) is 12.3 Å². The second-order valence-corrected chi connectivity index (χ2v) is 4.85. The summed E-state index contributed by atoms with van der Waals surface area (Å²) in [6.45, 7) is 1.89. The monoisotopic (exact) mass is 322 g/mol. The number of ether oxygens (including phenoxy) is 1. The molecule has 3 N–H and O–H groups in total. The first-order chi connectivity index (χ1) is 8.97. The predicted octanol–water partition coefficient (Wildman–Crippen LogP) is 3.23. The first-order valence-corrected chi connectivity index (χ1v) is 6.19. The quantitative estimate of drug-likeness (QED) is 0.906. The van der Waals surface area contributed by atoms with Crippen LogP contribution in [0.5, 0.6) is 11.6 Å². The maximum atomic E-state index is 10.8. The summed E-state index contributed by atoms with van der Waals surface area (Å²) in [4.78, 5) is 14.7. The fraction of sp³-hybridized carbons (Fsp3) is 0.0769. The van der Waals surface area contributed by atoms with Gasteiger partial charge in [0.05, 0.1) is 11.3 Å². The van der Waals surface area contributed by atoms with Crippen molar-refractivity contribution in [2.45, 2.75) is 6.92 Å². The summed E-state index contributed by atoms with van der Waals surface area (Å²) >= 11 is 3.36. The Kier molecular flexibility index (Phi) is 3.71. The van der Waals surface area contributed by atoms with Crippen LogP contribution in [0.2, 0.25) is 0 Å². The van der Waals surface area contributed by atoms with Gasteiger partial charge in [-0.25, -0.2) is 9.78 Å². The Morgan fingerprint density at radius 2 is 2.16 bits per heavy atom. The number of aromatic nitrogens is 1. The molecule has 0 aliphatic rings. The van der Waals surface area contributed by atoms with Gasteiger partial charge in [-0.3, -0.25) is 0 Å². The van der Waals surface area contributed by atoms with Crippen LogP contribution in [0, 0.1) is 6.92 Å². The molecule has 0 aliphatic carbocycles. The number of nitrogens with zero attached hydrogens (tertiary/aromatic N) is 1. The first-order valence-electron chi connectivity index (χ1n) is 5.40. The van der Waals surface area contributed by atoms with E-state index in [0.29, 0.717) is 5.75 Å². The van der Waals surface area contributed by atoms with E-state index in [0.717, 1.165) is 10.0 Å². The molecule has 1 aromatic carbocycles. The van der Waals surface area contributed by atoms with Gasteiger partial charge in [-0.15, -0.1) is 0 Å². The molecular formula is C13H11BrN2O3. The normalized spacial score (nSPS) is 10.2. The topological polar surface area (TPSA) is 85.4 Å². The number of aryl methyl sites for hydroxylation is 1. The van der Waals surface area contributed by atoms with Crippen molar-refractivity contribution in [3.05, 3.63) is 46.1 Å². The predicted molar refractivity (Wildman–Crippen MR) is 74.6 cm³/mol. The van der Waals surface area contributed by atoms with E-state index in [2.05, 4.69) is 20.9 Å². The molecule has 0 saturated carbocycles. The number of benzene rings is 1. The molecule has 0 fully saturated rings. The van der Waals surface area contributed by atoms with Crippen molar-refractivity contribution in [1.29, 1.82) is 0 Å². The summed E-state index contributed by atoms with van der Waals surface area (Å²) in [7, 11) is 0. The molecule has 19 heavy (non-hydrogen) atoms. The fourth-order valence-corrected chi connectivity index (χ4v) is 1.98. The van der Waals surface area contributed by atoms with Gasteiger partial charge in [0.25, 0.3) is 0 Å². The number of carboxylic acid groups (broad SMARTS) is 1. The summed E-state index contributed by atoms with van der Waals surface area (Å²) in [6, 6.07) is 6.84. The van der Waals surface area contributed by atoms with Gasteiger partial charge in [0.15, 0.2) is 0 Å². The molecule has 5 nitrogen and oxygen atoms in total. The lowest BCUT2D eigenvalue weighted by Gasteiger charge is -2.10. The van der Waals surface area contributed by atoms with Crippen LogP contribution in [0.25, 0.3) is 0 Å². The van der Waals surface area contributed by atoms with Crippen molar-refractivity contribution in [2.24, 2.45) is 0 Å². The number of aromatic carboxylic acids is 1. The van der Waals surface area contributed by atoms with E-state index in [-0.39, 0.29) is 17.1 Å². The van der Waals surface area contributed by atoms with Gasteiger partial charge in [-0.1, -0.05) is 15.9 Å². The van der Waals surface area contributed by atoms with Crippen LogP contribution in [0.4, 0.5) is 5.69 Å². The highest BCUT2D eigenvalue weighted by molar-refractivity contribution is 9.10. The lowest BCUT2D eigenvalue weighted by atomic mass is 10.2. The van der Waals surface area contributed by atoms with Crippen molar-refractivity contribution in [2.75, 3.05) is 5.73 Å². The van der Waals surface area contributed by atoms with Gasteiger partial charge in [0.1, 0.15) is 5.75 Å². The molecule has 0 atom stereocenters. The summed E-state index contributed by atoms with van der Waals surface area (Å²) in [5.41, 5.74) is 6.85. The number of carbonyl (C=O) groups is 1. The van der Waals surface area contributed by atoms with Crippen LogP contribution in [0.1, 0.15) is 15.9 Å². The van der Waals surface area contributed by atoms with Crippen molar-refractivity contribution < 1.29 is 14.6 Å². The van der Waals surface area contributed by atoms with Crippen LogP contribution in [-0.2, 0) is 0 Å². The Morgan fingerprint density at radius 1 is 1.42 bits per heavy atom. The van der Waals surface area contributed by atoms with Crippen LogP contribution in [-0.4, -0.2) is 16.1 Å². The van der Waals surface area contributed by atoms with Gasteiger partial charge in [0.2, 0.25) is 5.88 Å². The molecule has 0 saturated heterocycles. The van der Waals surface area contributed by atoms with Crippen molar-refractivity contribution in [1.82, 2.24) is 4.98 Å². The van der Waals surface area contributed by atoms with Crippen LogP contribution in [0.3, 0.4) is 0 Å². The van der Waals surface area contributed by atoms with Crippen LogP contribution < -0.4 is 10.5 Å². The van der Waals surface area contributed by atoms with E-state index in [9.17, 15) is 4.79 Å². The zero-order valence-corrected chi connectivity index (χ0v) is 11.6. The molecule has 2 rings (SSSR count). The molecule has 0 radical (unpaired) electrons. The number of hydrogen-bond acceptors (Lipinski definition) is 4. The Bertz CT molecular complexity index is 644. The SMILES string of the molecule is Cc1cc(Br)ccc1Oc1ncc(C(=O)O)cc1N. The number of pyridine rings is 1. The van der Waals surface area contributed by atoms with E-state index >= 15 is 0 Å². The third kappa shape index (κ3) is 3.03. The highest BCUT2D eigenvalue weighted by Crippen LogP contribution is 2.29. The van der Waals surface area contributed by atoms with E-state index in [4.69, 9.17) is 15.6 Å². The third-order valence-electron chi connectivity index (χ3n) is 2.47. The van der Waals surface area contributed by atoms with Gasteiger partial charge in [0, 0.05) is 10.7 Å². The Hall–Kier alpha value is -2.08. The lowest BCUT2D eigenvalue weighted by molar-refractivity contribution is 0.0696. The van der Waals surface area contributed by atoms with Gasteiger partial charge >= 0.3 is 5.97 Å². The van der Waals surface area contributed by atoms with Gasteiger partial charge in [-0.05, 0) is 36.8 Å². The fourth-order valence-electron chi connectivity index (χ4n) is 1.50. The van der Waals surface area contributed by atoms with Gasteiger partial charge in [-0.2, -0.15) is 0 Å². The molecule has 0 amide bonds. The average Bonchev–Trinajstić information content (AvgIpc) is 2.34. The highest BCUT2D eigenvalue weighted by Gasteiger charge is 2.10. The van der Waals surface area contributed by atoms with Crippen LogP contribution in [0.15, 0.2) is 34.9 Å². The first kappa shape index (κ1) is 13.4. The molecule has 0 unspecified atom stereocenters. The molecule has 1 heterocycles. The summed E-state index contributed by atoms with van der Waals surface area (Å²) in [5.74, 6) is -0.272. The molecule has 6 heteroatoms. The Balaban J connectivity index is 2.31. The van der Waals surface area contributed by atoms with E-state index in [1.807, 2.05) is 19.1 Å². The molecule has 0 aliphatic heterocycles. The molecule has 98 valence electrons. The van der Waals surface area contributed by atoms with Crippen molar-refractivity contribution in [3.63, 3.8) is 0 Å². The second-order valence-electron chi connectivity index (χ2n) is 3.94. The second kappa shape index (κ2) is 5.27. The maximum Gasteiger partial charge on any atom is 0.337 e. The molecule has 1 aromatic heterocycles. The van der Waals surface area contributed by atoms with E-state index in [1.54, 1.807) is 6.07 Å². The smallest absolute Gasteiger partial charge is 0.337 e. The zero-order valence-electron chi connectivity index (χ0n) is 10.1. The maximum absolute atomic E-state index is 10.8. The summed E-state index contributed by atoms with van der Waals surface area (Å²) < 4.78 is 6.52. The number of carboxylic acids is 1. The van der Waals surface area contributed by atoms with Crippen LogP contribution >= 0.6 is 15.9 Å². The number of nitrogens with two attached hydrogens (primary N) is 1. The lowest BCUT2D eigenvalue weighted by Crippen LogP contribution is -2.02. The van der Waals surface area contributed by atoms with Gasteiger partial charge < -0.3 is 15.6 Å². The van der Waals surface area contributed by atoms with E-state index < -0.39 is 5.97 Å². The molecule has 2 aromatic rings. The summed E-state index contributed by atoms with van der Waals surface area (Å²) in [5, 5.41) is 8.82. The minimum Gasteiger partial charge on any atom is -0.478 e. The van der Waals surface area contributed by atoms with Crippen molar-refractivity contribution in [3.8, 4) is 11.6 Å². The Labute approximate surface area is 118 Å². The number of anilines is 1. The zero-order chi connectivity index (χ0) is 14.0. The number of halogens is 1. The number of nitrogen functional groups attached to an aromatic ring is 1. The third-order valence-corrected chi connectivity index (χ3v) is 2.96. The Morgan fingerprint density at radius 3 is 2.74 bits per heavy atom. The van der Waals surface area contributed by atoms with Crippen molar-refractivity contribution >= 4 is 27.6 Å². The minimum atomic E-state index is -1.08. The standard InChI is InChI=1S/C13H11BrN2O3/c1-7-4-9(14)2-3-11(7)19-12-10(15)5-8(6-16-12)13(17)18/h2-6H,15H2,1H3,(H,17,18). The largest absolute Gasteiger partial charge is 0.478 e. The molecule has 0 spiro atoms. The molecule has 0 bridgehead atoms. The average molecular weight is 323 g/mol. The highest BCUT2D eigenvalue weighted by atomic mass is 79.9.